The summed E-state index contributed by atoms with van der Waals surface area (Å²) in [5, 5.41) is 9.82. The molecule has 0 saturated heterocycles. The third-order valence-electron chi connectivity index (χ3n) is 4.63. The number of carbonyl (C=O) groups is 1. The van der Waals surface area contributed by atoms with E-state index in [0.717, 1.165) is 22.0 Å². The summed E-state index contributed by atoms with van der Waals surface area (Å²) in [6.45, 7) is 7.03. The second-order valence-corrected chi connectivity index (χ2v) is 7.36. The van der Waals surface area contributed by atoms with Gasteiger partial charge in [-0.25, -0.2) is 4.98 Å². The van der Waals surface area contributed by atoms with Crippen LogP contribution in [0, 0.1) is 0 Å². The quantitative estimate of drug-likeness (QED) is 0.668. The SMILES string of the molecule is CCC(=O)NC(C)(C)Cc1c2c(nn1CCOC)c(N)nc1ccccc12. The Bertz CT molecular complexity index is 977. The van der Waals surface area contributed by atoms with Crippen molar-refractivity contribution >= 4 is 33.5 Å². The average Bonchev–Trinajstić information content (AvgIpc) is 2.98. The third-order valence-corrected chi connectivity index (χ3v) is 4.63. The number of benzene rings is 1. The molecule has 2 heterocycles. The van der Waals surface area contributed by atoms with Crippen LogP contribution in [0.1, 0.15) is 32.9 Å². The molecular weight excluding hydrogens is 342 g/mol. The smallest absolute Gasteiger partial charge is 0.220 e. The summed E-state index contributed by atoms with van der Waals surface area (Å²) < 4.78 is 7.18. The number of carbonyl (C=O) groups excluding carboxylic acids is 1. The number of pyridine rings is 1. The first-order valence-electron chi connectivity index (χ1n) is 9.20. The number of hydrogen-bond donors (Lipinski definition) is 2. The highest BCUT2D eigenvalue weighted by molar-refractivity contribution is 6.09. The van der Waals surface area contributed by atoms with Gasteiger partial charge in [0, 0.05) is 42.0 Å². The fourth-order valence-corrected chi connectivity index (χ4v) is 3.40. The van der Waals surface area contributed by atoms with Crippen LogP contribution >= 0.6 is 0 Å². The zero-order valence-electron chi connectivity index (χ0n) is 16.4. The molecule has 3 aromatic rings. The molecule has 0 radical (unpaired) electrons. The van der Waals surface area contributed by atoms with Gasteiger partial charge in [0.25, 0.3) is 0 Å². The van der Waals surface area contributed by atoms with Crippen molar-refractivity contribution in [2.45, 2.75) is 45.7 Å². The molecule has 1 aromatic carbocycles. The predicted molar refractivity (Wildman–Crippen MR) is 108 cm³/mol. The number of anilines is 1. The number of nitrogens with zero attached hydrogens (tertiary/aromatic N) is 3. The molecule has 7 nitrogen and oxygen atoms in total. The molecule has 0 saturated carbocycles. The van der Waals surface area contributed by atoms with E-state index in [1.807, 2.05) is 49.7 Å². The molecule has 1 amide bonds. The van der Waals surface area contributed by atoms with Gasteiger partial charge in [-0.05, 0) is 19.9 Å². The highest BCUT2D eigenvalue weighted by Crippen LogP contribution is 2.32. The summed E-state index contributed by atoms with van der Waals surface area (Å²) in [5.74, 6) is 0.440. The summed E-state index contributed by atoms with van der Waals surface area (Å²) in [5.41, 5.74) is 8.34. The molecule has 2 aromatic heterocycles. The number of nitrogen functional groups attached to an aromatic ring is 1. The maximum Gasteiger partial charge on any atom is 0.220 e. The largest absolute Gasteiger partial charge is 0.383 e. The molecule has 0 aliphatic heterocycles. The monoisotopic (exact) mass is 369 g/mol. The van der Waals surface area contributed by atoms with E-state index < -0.39 is 5.54 Å². The number of aromatic nitrogens is 3. The maximum absolute atomic E-state index is 12.0. The molecule has 0 fully saturated rings. The van der Waals surface area contributed by atoms with Gasteiger partial charge in [-0.2, -0.15) is 5.10 Å². The number of nitrogens with two attached hydrogens (primary N) is 1. The molecule has 0 atom stereocenters. The number of hydrogen-bond acceptors (Lipinski definition) is 5. The minimum atomic E-state index is -0.427. The molecule has 0 spiro atoms. The lowest BCUT2D eigenvalue weighted by Crippen LogP contribution is -2.45. The minimum absolute atomic E-state index is 0.0262. The molecule has 0 unspecified atom stereocenters. The molecule has 7 heteroatoms. The maximum atomic E-state index is 12.0. The van der Waals surface area contributed by atoms with Crippen molar-refractivity contribution in [3.05, 3.63) is 30.0 Å². The van der Waals surface area contributed by atoms with Crippen molar-refractivity contribution in [1.29, 1.82) is 0 Å². The second kappa shape index (κ2) is 7.52. The standard InChI is InChI=1S/C20H27N5O2/c1-5-16(26)23-20(2,3)12-15-17-13-8-6-7-9-14(13)22-19(21)18(17)24-25(15)10-11-27-4/h6-9H,5,10-12H2,1-4H3,(H2,21,22)(H,23,26). The Labute approximate surface area is 158 Å². The van der Waals surface area contributed by atoms with E-state index in [9.17, 15) is 4.79 Å². The molecule has 27 heavy (non-hydrogen) atoms. The van der Waals surface area contributed by atoms with E-state index in [1.54, 1.807) is 7.11 Å². The van der Waals surface area contributed by atoms with Crippen molar-refractivity contribution in [3.8, 4) is 0 Å². The lowest BCUT2D eigenvalue weighted by atomic mass is 9.95. The number of rotatable bonds is 7. The van der Waals surface area contributed by atoms with Gasteiger partial charge in [-0.3, -0.25) is 9.48 Å². The number of nitrogens with one attached hydrogen (secondary N) is 1. The van der Waals surface area contributed by atoms with Crippen LogP contribution in [0.4, 0.5) is 5.82 Å². The van der Waals surface area contributed by atoms with Crippen LogP contribution in [0.15, 0.2) is 24.3 Å². The van der Waals surface area contributed by atoms with Crippen molar-refractivity contribution in [3.63, 3.8) is 0 Å². The van der Waals surface area contributed by atoms with Crippen LogP contribution < -0.4 is 11.1 Å². The van der Waals surface area contributed by atoms with Crippen LogP contribution in [0.3, 0.4) is 0 Å². The first kappa shape index (κ1) is 19.1. The first-order valence-corrected chi connectivity index (χ1v) is 9.20. The van der Waals surface area contributed by atoms with E-state index in [2.05, 4.69) is 10.3 Å². The van der Waals surface area contributed by atoms with Gasteiger partial charge in [-0.1, -0.05) is 25.1 Å². The topological polar surface area (TPSA) is 95.1 Å². The van der Waals surface area contributed by atoms with E-state index in [-0.39, 0.29) is 5.91 Å². The molecular formula is C20H27N5O2. The Balaban J connectivity index is 2.19. The normalized spacial score (nSPS) is 12.0. The lowest BCUT2D eigenvalue weighted by Gasteiger charge is -2.27. The van der Waals surface area contributed by atoms with E-state index in [4.69, 9.17) is 15.6 Å². The number of fused-ring (bicyclic) bond motifs is 3. The Kier molecular flexibility index (Phi) is 5.32. The zero-order chi connectivity index (χ0) is 19.6. The van der Waals surface area contributed by atoms with Gasteiger partial charge in [-0.15, -0.1) is 0 Å². The van der Waals surface area contributed by atoms with E-state index in [0.29, 0.717) is 37.3 Å². The average molecular weight is 369 g/mol. The van der Waals surface area contributed by atoms with Crippen LogP contribution in [0.25, 0.3) is 21.8 Å². The Morgan fingerprint density at radius 3 is 2.78 bits per heavy atom. The number of ether oxygens (including phenoxy) is 1. The highest BCUT2D eigenvalue weighted by atomic mass is 16.5. The third kappa shape index (κ3) is 3.88. The summed E-state index contributed by atoms with van der Waals surface area (Å²) in [4.78, 5) is 16.5. The van der Waals surface area contributed by atoms with Gasteiger partial charge in [0.1, 0.15) is 5.52 Å². The van der Waals surface area contributed by atoms with Crippen LogP contribution in [0.5, 0.6) is 0 Å². The number of amides is 1. The zero-order valence-corrected chi connectivity index (χ0v) is 16.4. The first-order chi connectivity index (χ1) is 12.9. The summed E-state index contributed by atoms with van der Waals surface area (Å²) in [6.07, 6.45) is 1.07. The van der Waals surface area contributed by atoms with Crippen molar-refractivity contribution < 1.29 is 9.53 Å². The second-order valence-electron chi connectivity index (χ2n) is 7.36. The van der Waals surface area contributed by atoms with Gasteiger partial charge in [0.05, 0.1) is 18.7 Å². The Morgan fingerprint density at radius 1 is 1.33 bits per heavy atom. The Morgan fingerprint density at radius 2 is 2.07 bits per heavy atom. The lowest BCUT2D eigenvalue weighted by molar-refractivity contribution is -0.122. The molecule has 3 rings (SSSR count). The molecule has 3 N–H and O–H groups in total. The van der Waals surface area contributed by atoms with Crippen molar-refractivity contribution in [2.24, 2.45) is 0 Å². The summed E-state index contributed by atoms with van der Waals surface area (Å²) in [7, 11) is 1.67. The fourth-order valence-electron chi connectivity index (χ4n) is 3.40. The van der Waals surface area contributed by atoms with Gasteiger partial charge in [0.15, 0.2) is 5.82 Å². The van der Waals surface area contributed by atoms with Gasteiger partial charge < -0.3 is 15.8 Å². The highest BCUT2D eigenvalue weighted by Gasteiger charge is 2.26. The van der Waals surface area contributed by atoms with Crippen LogP contribution in [-0.2, 0) is 22.5 Å². The molecule has 0 aliphatic carbocycles. The summed E-state index contributed by atoms with van der Waals surface area (Å²) in [6, 6.07) is 7.92. The van der Waals surface area contributed by atoms with E-state index >= 15 is 0 Å². The fraction of sp³-hybridized carbons (Fsp3) is 0.450. The van der Waals surface area contributed by atoms with Gasteiger partial charge >= 0.3 is 0 Å². The molecule has 144 valence electrons. The number of methoxy groups -OCH3 is 1. The van der Waals surface area contributed by atoms with Gasteiger partial charge in [0.2, 0.25) is 5.91 Å². The predicted octanol–water partition coefficient (Wildman–Crippen LogP) is 2.66. The van der Waals surface area contributed by atoms with Crippen molar-refractivity contribution in [2.75, 3.05) is 19.5 Å². The van der Waals surface area contributed by atoms with E-state index in [1.165, 1.54) is 0 Å². The minimum Gasteiger partial charge on any atom is -0.383 e. The van der Waals surface area contributed by atoms with Crippen LogP contribution in [0.2, 0.25) is 0 Å². The summed E-state index contributed by atoms with van der Waals surface area (Å²) >= 11 is 0. The number of para-hydroxylation sites is 1. The van der Waals surface area contributed by atoms with Crippen molar-refractivity contribution in [1.82, 2.24) is 20.1 Å². The molecule has 0 bridgehead atoms. The molecule has 0 aliphatic rings. The Hall–Kier alpha value is -2.67. The van der Waals surface area contributed by atoms with Crippen LogP contribution in [-0.4, -0.2) is 39.9 Å².